The molecule has 0 spiro atoms. The summed E-state index contributed by atoms with van der Waals surface area (Å²) in [5.74, 6) is 0. The van der Waals surface area contributed by atoms with Crippen LogP contribution in [0.3, 0.4) is 0 Å². The number of hydrogen-bond acceptors (Lipinski definition) is 0. The van der Waals surface area contributed by atoms with Crippen molar-refractivity contribution in [3.05, 3.63) is 77.9 Å². The average Bonchev–Trinajstić information content (AvgIpc) is 2.68. The molecular formula is C25H23F3N+. The maximum Gasteiger partial charge on any atom is 0.397 e. The van der Waals surface area contributed by atoms with E-state index in [9.17, 15) is 13.2 Å². The Morgan fingerprint density at radius 3 is 2.21 bits per heavy atom. The second-order valence-corrected chi connectivity index (χ2v) is 8.12. The second-order valence-electron chi connectivity index (χ2n) is 8.12. The quantitative estimate of drug-likeness (QED) is 0.336. The van der Waals surface area contributed by atoms with Gasteiger partial charge in [0.25, 0.3) is 0 Å². The number of pyridine rings is 1. The number of rotatable bonds is 2. The highest BCUT2D eigenvalue weighted by atomic mass is 19.4. The Hall–Kier alpha value is -2.88. The molecule has 1 heterocycles. The molecule has 1 nitrogen and oxygen atoms in total. The van der Waals surface area contributed by atoms with Crippen LogP contribution in [0.1, 0.15) is 25.0 Å². The van der Waals surface area contributed by atoms with E-state index in [0.29, 0.717) is 10.9 Å². The van der Waals surface area contributed by atoms with Crippen molar-refractivity contribution in [1.29, 1.82) is 0 Å². The van der Waals surface area contributed by atoms with Crippen LogP contribution < -0.4 is 4.57 Å². The first-order valence-electron chi connectivity index (χ1n) is 9.60. The lowest BCUT2D eigenvalue weighted by Gasteiger charge is -2.29. The first kappa shape index (κ1) is 19.4. The summed E-state index contributed by atoms with van der Waals surface area (Å²) in [4.78, 5) is 0. The Morgan fingerprint density at radius 1 is 0.759 bits per heavy atom. The molecule has 0 saturated carbocycles. The molecule has 29 heavy (non-hydrogen) atoms. The van der Waals surface area contributed by atoms with Gasteiger partial charge in [0.05, 0.1) is 16.4 Å². The predicted molar refractivity (Wildman–Crippen MR) is 112 cm³/mol. The molecule has 0 saturated heterocycles. The minimum Gasteiger partial charge on any atom is -0.194 e. The average molecular weight is 394 g/mol. The highest BCUT2D eigenvalue weighted by molar-refractivity contribution is 5.97. The van der Waals surface area contributed by atoms with Gasteiger partial charge in [-0.1, -0.05) is 48.5 Å². The van der Waals surface area contributed by atoms with Gasteiger partial charge in [-0.05, 0) is 48.7 Å². The summed E-state index contributed by atoms with van der Waals surface area (Å²) in [6, 6.07) is 21.3. The van der Waals surface area contributed by atoms with E-state index in [0.717, 1.165) is 33.1 Å². The van der Waals surface area contributed by atoms with Gasteiger partial charge < -0.3 is 0 Å². The standard InChI is InChI=1S/C25H23F3N/c1-16-12-13-17-8-5-6-9-18(17)23(16)22-15-14-19-20(24(2,3)25(26,27)28)10-7-11-21(19)29(22)4/h5-15H,1-4H3/q+1. The normalized spacial score (nSPS) is 12.7. The van der Waals surface area contributed by atoms with Gasteiger partial charge in [-0.2, -0.15) is 17.7 Å². The minimum atomic E-state index is -4.33. The van der Waals surface area contributed by atoms with Gasteiger partial charge in [-0.3, -0.25) is 0 Å². The summed E-state index contributed by atoms with van der Waals surface area (Å²) < 4.78 is 43.1. The minimum absolute atomic E-state index is 0.291. The summed E-state index contributed by atoms with van der Waals surface area (Å²) in [7, 11) is 1.92. The SMILES string of the molecule is Cc1ccc2ccccc2c1-c1ccc2c(C(C)(C)C(F)(F)F)cccc2[n+]1C. The van der Waals surface area contributed by atoms with Crippen LogP contribution >= 0.6 is 0 Å². The molecule has 4 aromatic rings. The fourth-order valence-corrected chi connectivity index (χ4v) is 4.09. The van der Waals surface area contributed by atoms with E-state index in [1.54, 1.807) is 12.1 Å². The van der Waals surface area contributed by atoms with E-state index in [-0.39, 0.29) is 0 Å². The number of aromatic nitrogens is 1. The van der Waals surface area contributed by atoms with Gasteiger partial charge in [-0.25, -0.2) is 0 Å². The Labute approximate surface area is 168 Å². The Kier molecular flexibility index (Phi) is 4.41. The second kappa shape index (κ2) is 6.58. The Balaban J connectivity index is 2.03. The molecule has 0 aliphatic rings. The van der Waals surface area contributed by atoms with Crippen LogP contribution in [0, 0.1) is 6.92 Å². The lowest BCUT2D eigenvalue weighted by atomic mass is 9.81. The van der Waals surface area contributed by atoms with Crippen molar-refractivity contribution in [2.24, 2.45) is 7.05 Å². The van der Waals surface area contributed by atoms with Gasteiger partial charge in [0, 0.05) is 12.1 Å². The van der Waals surface area contributed by atoms with Crippen molar-refractivity contribution in [3.63, 3.8) is 0 Å². The third-order valence-electron chi connectivity index (χ3n) is 5.99. The van der Waals surface area contributed by atoms with Crippen molar-refractivity contribution in [3.8, 4) is 11.3 Å². The Bertz CT molecular complexity index is 1240. The molecule has 0 amide bonds. The van der Waals surface area contributed by atoms with Gasteiger partial charge in [0.1, 0.15) is 7.05 Å². The van der Waals surface area contributed by atoms with Crippen LogP contribution in [0.4, 0.5) is 13.2 Å². The maximum absolute atomic E-state index is 13.7. The molecular weight excluding hydrogens is 371 g/mol. The highest BCUT2D eigenvalue weighted by Crippen LogP contribution is 2.43. The summed E-state index contributed by atoms with van der Waals surface area (Å²) in [6.07, 6.45) is -4.33. The van der Waals surface area contributed by atoms with E-state index in [2.05, 4.69) is 31.2 Å². The fourth-order valence-electron chi connectivity index (χ4n) is 4.09. The number of alkyl halides is 3. The zero-order valence-corrected chi connectivity index (χ0v) is 16.9. The number of aryl methyl sites for hydroxylation is 2. The molecule has 4 rings (SSSR count). The molecule has 1 aromatic heterocycles. The van der Waals surface area contributed by atoms with Gasteiger partial charge in [-0.15, -0.1) is 0 Å². The number of fused-ring (bicyclic) bond motifs is 2. The van der Waals surface area contributed by atoms with Crippen molar-refractivity contribution in [2.75, 3.05) is 0 Å². The molecule has 0 N–H and O–H groups in total. The first-order valence-corrected chi connectivity index (χ1v) is 9.60. The molecule has 148 valence electrons. The summed E-state index contributed by atoms with van der Waals surface area (Å²) in [5.41, 5.74) is 2.35. The zero-order valence-electron chi connectivity index (χ0n) is 16.9. The third-order valence-corrected chi connectivity index (χ3v) is 5.99. The van der Waals surface area contributed by atoms with Crippen LogP contribution in [-0.2, 0) is 12.5 Å². The van der Waals surface area contributed by atoms with Crippen LogP contribution in [0.2, 0.25) is 0 Å². The number of benzene rings is 3. The first-order chi connectivity index (χ1) is 13.6. The molecule has 0 unspecified atom stereocenters. The number of nitrogens with zero attached hydrogens (tertiary/aromatic N) is 1. The molecule has 0 fully saturated rings. The van der Waals surface area contributed by atoms with E-state index < -0.39 is 11.6 Å². The summed E-state index contributed by atoms with van der Waals surface area (Å²) >= 11 is 0. The molecule has 0 bridgehead atoms. The van der Waals surface area contributed by atoms with E-state index in [4.69, 9.17) is 0 Å². The van der Waals surface area contributed by atoms with Crippen molar-refractivity contribution >= 4 is 21.7 Å². The van der Waals surface area contributed by atoms with Crippen LogP contribution in [0.5, 0.6) is 0 Å². The Morgan fingerprint density at radius 2 is 1.48 bits per heavy atom. The molecule has 3 aromatic carbocycles. The van der Waals surface area contributed by atoms with Crippen LogP contribution in [0.15, 0.2) is 66.7 Å². The molecule has 0 radical (unpaired) electrons. The van der Waals surface area contributed by atoms with Crippen molar-refractivity contribution < 1.29 is 17.7 Å². The topological polar surface area (TPSA) is 3.88 Å². The smallest absolute Gasteiger partial charge is 0.194 e. The summed E-state index contributed by atoms with van der Waals surface area (Å²) in [6.45, 7) is 4.55. The van der Waals surface area contributed by atoms with E-state index in [1.807, 2.05) is 41.9 Å². The molecule has 0 aliphatic carbocycles. The zero-order chi connectivity index (χ0) is 21.0. The van der Waals surface area contributed by atoms with Crippen LogP contribution in [0.25, 0.3) is 32.9 Å². The summed E-state index contributed by atoms with van der Waals surface area (Å²) in [5, 5.41) is 2.90. The van der Waals surface area contributed by atoms with E-state index in [1.165, 1.54) is 13.8 Å². The number of halogens is 3. The molecule has 0 aliphatic heterocycles. The lowest BCUT2D eigenvalue weighted by Crippen LogP contribution is -2.38. The van der Waals surface area contributed by atoms with E-state index >= 15 is 0 Å². The predicted octanol–water partition coefficient (Wildman–Crippen LogP) is 6.63. The monoisotopic (exact) mass is 394 g/mol. The van der Waals surface area contributed by atoms with Gasteiger partial charge in [0.2, 0.25) is 11.2 Å². The largest absolute Gasteiger partial charge is 0.397 e. The number of hydrogen-bond donors (Lipinski definition) is 0. The van der Waals surface area contributed by atoms with Crippen molar-refractivity contribution in [2.45, 2.75) is 32.4 Å². The van der Waals surface area contributed by atoms with Gasteiger partial charge >= 0.3 is 6.18 Å². The fraction of sp³-hybridized carbons (Fsp3) is 0.240. The third kappa shape index (κ3) is 2.98. The molecule has 0 atom stereocenters. The maximum atomic E-state index is 13.7. The lowest BCUT2D eigenvalue weighted by molar-refractivity contribution is -0.633. The van der Waals surface area contributed by atoms with Crippen LogP contribution in [-0.4, -0.2) is 6.18 Å². The van der Waals surface area contributed by atoms with Crippen molar-refractivity contribution in [1.82, 2.24) is 0 Å². The highest BCUT2D eigenvalue weighted by Gasteiger charge is 2.49. The van der Waals surface area contributed by atoms with Gasteiger partial charge in [0.15, 0.2) is 0 Å². The molecule has 4 heteroatoms.